The molecule has 0 radical (unpaired) electrons. The molecule has 0 saturated carbocycles. The molecule has 0 amide bonds. The quantitative estimate of drug-likeness (QED) is 0.472. The first-order chi connectivity index (χ1) is 7.81. The minimum Gasteiger partial charge on any atom is -0.367 e. The summed E-state index contributed by atoms with van der Waals surface area (Å²) in [5.74, 6) is -0.341. The Kier molecular flexibility index (Phi) is 3.24. The van der Waals surface area contributed by atoms with Gasteiger partial charge in [0.2, 0.25) is 0 Å². The highest BCUT2D eigenvalue weighted by Gasteiger charge is 2.14. The molecule has 1 aromatic rings. The van der Waals surface area contributed by atoms with Crippen molar-refractivity contribution in [2.75, 3.05) is 31.1 Å². The van der Waals surface area contributed by atoms with Gasteiger partial charge < -0.3 is 10.2 Å². The van der Waals surface area contributed by atoms with E-state index in [1.807, 2.05) is 4.90 Å². The van der Waals surface area contributed by atoms with Gasteiger partial charge in [-0.25, -0.2) is 4.39 Å². The average molecular weight is 221 g/mol. The Bertz CT molecular complexity index is 421. The van der Waals surface area contributed by atoms with Crippen LogP contribution in [-0.2, 0) is 0 Å². The number of nitrogens with zero attached hydrogens (tertiary/aromatic N) is 4. The molecular formula is C10H12FN5. The summed E-state index contributed by atoms with van der Waals surface area (Å²) in [4.78, 5) is 4.60. The molecule has 1 aliphatic heterocycles. The molecule has 6 heteroatoms. The molecule has 1 saturated heterocycles. The maximum atomic E-state index is 13.7. The monoisotopic (exact) mass is 221 g/mol. The standard InChI is InChI=1S/C10H12FN5/c11-9-7-8(14-15-12)1-2-10(9)16-5-3-13-4-6-16/h1-2,7,13H,3-6H2. The Morgan fingerprint density at radius 1 is 1.38 bits per heavy atom. The fourth-order valence-corrected chi connectivity index (χ4v) is 1.77. The minimum absolute atomic E-state index is 0.305. The van der Waals surface area contributed by atoms with E-state index in [1.165, 1.54) is 6.07 Å². The second-order valence-electron chi connectivity index (χ2n) is 3.56. The first-order valence-corrected chi connectivity index (χ1v) is 5.11. The van der Waals surface area contributed by atoms with Crippen molar-refractivity contribution in [2.45, 2.75) is 0 Å². The molecule has 2 rings (SSSR count). The number of benzene rings is 1. The van der Waals surface area contributed by atoms with Gasteiger partial charge in [-0.15, -0.1) is 0 Å². The number of hydrogen-bond donors (Lipinski definition) is 1. The van der Waals surface area contributed by atoms with Gasteiger partial charge in [-0.05, 0) is 17.7 Å². The Morgan fingerprint density at radius 2 is 2.12 bits per heavy atom. The first-order valence-electron chi connectivity index (χ1n) is 5.11. The van der Waals surface area contributed by atoms with E-state index in [2.05, 4.69) is 15.3 Å². The zero-order chi connectivity index (χ0) is 11.4. The number of anilines is 1. The van der Waals surface area contributed by atoms with Gasteiger partial charge >= 0.3 is 0 Å². The Hall–Kier alpha value is -1.78. The lowest BCUT2D eigenvalue weighted by Crippen LogP contribution is -2.43. The molecule has 0 aliphatic carbocycles. The summed E-state index contributed by atoms with van der Waals surface area (Å²) in [6, 6.07) is 4.54. The molecule has 5 nitrogen and oxygen atoms in total. The summed E-state index contributed by atoms with van der Waals surface area (Å²) in [6.45, 7) is 3.30. The molecule has 1 heterocycles. The first kappa shape index (κ1) is 10.7. The van der Waals surface area contributed by atoms with E-state index in [1.54, 1.807) is 12.1 Å². The Morgan fingerprint density at radius 3 is 2.75 bits per heavy atom. The van der Waals surface area contributed by atoms with Gasteiger partial charge in [0.1, 0.15) is 5.82 Å². The van der Waals surface area contributed by atoms with Crippen LogP contribution in [0.25, 0.3) is 10.4 Å². The van der Waals surface area contributed by atoms with E-state index in [-0.39, 0.29) is 5.82 Å². The van der Waals surface area contributed by atoms with Crippen LogP contribution in [-0.4, -0.2) is 26.2 Å². The topological polar surface area (TPSA) is 64.0 Å². The molecule has 16 heavy (non-hydrogen) atoms. The lowest BCUT2D eigenvalue weighted by molar-refractivity contribution is 0.566. The van der Waals surface area contributed by atoms with Crippen molar-refractivity contribution in [1.29, 1.82) is 0 Å². The maximum Gasteiger partial charge on any atom is 0.146 e. The molecule has 0 aromatic heterocycles. The smallest absolute Gasteiger partial charge is 0.146 e. The number of halogens is 1. The highest BCUT2D eigenvalue weighted by Crippen LogP contribution is 2.24. The van der Waals surface area contributed by atoms with Crippen LogP contribution in [0.2, 0.25) is 0 Å². The van der Waals surface area contributed by atoms with Gasteiger partial charge in [0.15, 0.2) is 0 Å². The molecule has 1 N–H and O–H groups in total. The third-order valence-corrected chi connectivity index (χ3v) is 2.55. The highest BCUT2D eigenvalue weighted by molar-refractivity contribution is 5.54. The van der Waals surface area contributed by atoms with Gasteiger partial charge in [0, 0.05) is 36.8 Å². The van der Waals surface area contributed by atoms with E-state index in [0.29, 0.717) is 11.4 Å². The Labute approximate surface area is 92.5 Å². The SMILES string of the molecule is [N-]=[N+]=Nc1ccc(N2CCNCC2)c(F)c1. The van der Waals surface area contributed by atoms with Crippen molar-refractivity contribution in [2.24, 2.45) is 5.11 Å². The van der Waals surface area contributed by atoms with Crippen molar-refractivity contribution in [1.82, 2.24) is 5.32 Å². The van der Waals surface area contributed by atoms with Crippen LogP contribution in [0, 0.1) is 5.82 Å². The predicted octanol–water partition coefficient (Wildman–Crippen LogP) is 2.18. The summed E-state index contributed by atoms with van der Waals surface area (Å²) in [7, 11) is 0. The van der Waals surface area contributed by atoms with Crippen molar-refractivity contribution >= 4 is 11.4 Å². The molecule has 0 spiro atoms. The number of piperazine rings is 1. The molecule has 1 fully saturated rings. The predicted molar refractivity (Wildman–Crippen MR) is 60.3 cm³/mol. The molecule has 0 unspecified atom stereocenters. The van der Waals surface area contributed by atoms with E-state index < -0.39 is 0 Å². The van der Waals surface area contributed by atoms with E-state index in [0.717, 1.165) is 26.2 Å². The lowest BCUT2D eigenvalue weighted by Gasteiger charge is -2.29. The zero-order valence-electron chi connectivity index (χ0n) is 8.73. The number of azide groups is 1. The van der Waals surface area contributed by atoms with Crippen LogP contribution in [0.5, 0.6) is 0 Å². The Balaban J connectivity index is 2.24. The van der Waals surface area contributed by atoms with E-state index in [9.17, 15) is 4.39 Å². The molecule has 84 valence electrons. The van der Waals surface area contributed by atoms with E-state index >= 15 is 0 Å². The maximum absolute atomic E-state index is 13.7. The van der Waals surface area contributed by atoms with Crippen LogP contribution < -0.4 is 10.2 Å². The molecule has 0 atom stereocenters. The van der Waals surface area contributed by atoms with E-state index in [4.69, 9.17) is 5.53 Å². The number of hydrogen-bond acceptors (Lipinski definition) is 3. The fourth-order valence-electron chi connectivity index (χ4n) is 1.77. The van der Waals surface area contributed by atoms with Gasteiger partial charge in [-0.2, -0.15) is 0 Å². The molecular weight excluding hydrogens is 209 g/mol. The summed E-state index contributed by atoms with van der Waals surface area (Å²) in [6.07, 6.45) is 0. The van der Waals surface area contributed by atoms with Gasteiger partial charge in [-0.1, -0.05) is 11.2 Å². The summed E-state index contributed by atoms with van der Waals surface area (Å²) < 4.78 is 13.7. The summed E-state index contributed by atoms with van der Waals surface area (Å²) in [5, 5.41) is 6.57. The van der Waals surface area contributed by atoms with Crippen LogP contribution in [0.3, 0.4) is 0 Å². The summed E-state index contributed by atoms with van der Waals surface area (Å²) >= 11 is 0. The van der Waals surface area contributed by atoms with Crippen LogP contribution in [0.1, 0.15) is 0 Å². The second-order valence-corrected chi connectivity index (χ2v) is 3.56. The van der Waals surface area contributed by atoms with Gasteiger partial charge in [0.25, 0.3) is 0 Å². The largest absolute Gasteiger partial charge is 0.367 e. The summed E-state index contributed by atoms with van der Waals surface area (Å²) in [5.41, 5.74) is 9.12. The number of rotatable bonds is 2. The van der Waals surface area contributed by atoms with Crippen LogP contribution in [0.4, 0.5) is 15.8 Å². The lowest BCUT2D eigenvalue weighted by atomic mass is 10.2. The zero-order valence-corrected chi connectivity index (χ0v) is 8.73. The number of nitrogens with one attached hydrogen (secondary N) is 1. The highest BCUT2D eigenvalue weighted by atomic mass is 19.1. The molecule has 0 bridgehead atoms. The van der Waals surface area contributed by atoms with Crippen molar-refractivity contribution < 1.29 is 4.39 Å². The minimum atomic E-state index is -0.341. The van der Waals surface area contributed by atoms with Crippen LogP contribution >= 0.6 is 0 Å². The normalized spacial score (nSPS) is 15.7. The fraction of sp³-hybridized carbons (Fsp3) is 0.400. The van der Waals surface area contributed by atoms with Crippen molar-refractivity contribution in [3.8, 4) is 0 Å². The van der Waals surface area contributed by atoms with Gasteiger partial charge in [-0.3, -0.25) is 0 Å². The van der Waals surface area contributed by atoms with Crippen molar-refractivity contribution in [3.05, 3.63) is 34.5 Å². The third kappa shape index (κ3) is 2.24. The van der Waals surface area contributed by atoms with Gasteiger partial charge in [0.05, 0.1) is 5.69 Å². The molecule has 1 aromatic carbocycles. The van der Waals surface area contributed by atoms with Crippen LogP contribution in [0.15, 0.2) is 23.3 Å². The third-order valence-electron chi connectivity index (χ3n) is 2.55. The average Bonchev–Trinajstić information content (AvgIpc) is 2.31. The second kappa shape index (κ2) is 4.83. The molecule has 1 aliphatic rings. The van der Waals surface area contributed by atoms with Crippen molar-refractivity contribution in [3.63, 3.8) is 0 Å².